The zero-order valence-electron chi connectivity index (χ0n) is 12.1. The normalized spacial score (nSPS) is 17.9. The molecule has 0 nitrogen and oxygen atoms in total. The Kier molecular flexibility index (Phi) is 3.56. The van der Waals surface area contributed by atoms with E-state index in [9.17, 15) is 0 Å². The highest BCUT2D eigenvalue weighted by Gasteiger charge is 2.09. The Morgan fingerprint density at radius 3 is 1.95 bits per heavy atom. The molecule has 1 aliphatic rings. The summed E-state index contributed by atoms with van der Waals surface area (Å²) in [6, 6.07) is 17.7. The lowest BCUT2D eigenvalue weighted by Gasteiger charge is -2.15. The average molecular weight is 260 g/mol. The molecule has 1 aliphatic carbocycles. The second-order valence-corrected chi connectivity index (χ2v) is 5.64. The Morgan fingerprint density at radius 1 is 0.800 bits per heavy atom. The van der Waals surface area contributed by atoms with Crippen LogP contribution in [0.1, 0.15) is 30.4 Å². The van der Waals surface area contributed by atoms with Gasteiger partial charge in [0.1, 0.15) is 0 Å². The lowest BCUT2D eigenvalue weighted by atomic mass is 9.89. The molecule has 0 saturated carbocycles. The third kappa shape index (κ3) is 2.75. The summed E-state index contributed by atoms with van der Waals surface area (Å²) in [6.45, 7) is 4.28. The number of rotatable bonds is 2. The van der Waals surface area contributed by atoms with Crippen LogP contribution in [-0.2, 0) is 0 Å². The van der Waals surface area contributed by atoms with Crippen LogP contribution in [0.4, 0.5) is 0 Å². The van der Waals surface area contributed by atoms with Crippen molar-refractivity contribution in [1.82, 2.24) is 0 Å². The monoisotopic (exact) mass is 260 g/mol. The number of aryl methyl sites for hydroxylation is 1. The molecule has 2 aromatic rings. The molecule has 0 amide bonds. The van der Waals surface area contributed by atoms with Crippen molar-refractivity contribution < 1.29 is 0 Å². The maximum Gasteiger partial charge on any atom is 0.00559 e. The first-order valence-corrected chi connectivity index (χ1v) is 7.24. The Labute approximate surface area is 121 Å². The van der Waals surface area contributed by atoms with Crippen molar-refractivity contribution in [2.24, 2.45) is 0 Å². The molecule has 100 valence electrons. The van der Waals surface area contributed by atoms with Crippen LogP contribution in [0, 0.1) is 6.92 Å². The first-order valence-electron chi connectivity index (χ1n) is 7.24. The lowest BCUT2D eigenvalue weighted by Crippen LogP contribution is -1.97. The van der Waals surface area contributed by atoms with Gasteiger partial charge in [0.2, 0.25) is 0 Å². The molecule has 0 heteroatoms. The summed E-state index contributed by atoms with van der Waals surface area (Å²) in [4.78, 5) is 0. The van der Waals surface area contributed by atoms with Crippen molar-refractivity contribution in [2.45, 2.75) is 26.2 Å². The summed E-state index contributed by atoms with van der Waals surface area (Å²) < 4.78 is 0. The molecule has 0 aromatic heterocycles. The molecule has 0 spiro atoms. The van der Waals surface area contributed by atoms with Crippen LogP contribution >= 0.6 is 0 Å². The molecule has 0 bridgehead atoms. The second-order valence-electron chi connectivity index (χ2n) is 5.64. The van der Waals surface area contributed by atoms with Crippen molar-refractivity contribution in [3.05, 3.63) is 83.5 Å². The van der Waals surface area contributed by atoms with E-state index in [2.05, 4.69) is 80.6 Å². The molecule has 2 aromatic carbocycles. The largest absolute Gasteiger partial charge is 0.0807 e. The lowest BCUT2D eigenvalue weighted by molar-refractivity contribution is 0.845. The van der Waals surface area contributed by atoms with Crippen LogP contribution in [0.2, 0.25) is 0 Å². The molecule has 0 N–H and O–H groups in total. The van der Waals surface area contributed by atoms with Crippen molar-refractivity contribution in [1.29, 1.82) is 0 Å². The van der Waals surface area contributed by atoms with Gasteiger partial charge < -0.3 is 0 Å². The van der Waals surface area contributed by atoms with Crippen LogP contribution in [0.5, 0.6) is 0 Å². The summed E-state index contributed by atoms with van der Waals surface area (Å²) in [7, 11) is 0. The Balaban J connectivity index is 1.81. The molecule has 20 heavy (non-hydrogen) atoms. The molecular formula is C20H20. The minimum atomic E-state index is 0.533. The summed E-state index contributed by atoms with van der Waals surface area (Å²) in [5, 5.41) is 0. The number of hydrogen-bond acceptors (Lipinski definition) is 0. The molecule has 0 heterocycles. The molecule has 1 atom stereocenters. The third-order valence-corrected chi connectivity index (χ3v) is 4.01. The quantitative estimate of drug-likeness (QED) is 0.654. The predicted octanol–water partition coefficient (Wildman–Crippen LogP) is 5.65. The maximum atomic E-state index is 2.32. The molecule has 0 aliphatic heterocycles. The smallest absolute Gasteiger partial charge is 0.00559 e. The highest BCUT2D eigenvalue weighted by Crippen LogP contribution is 2.28. The Hall–Kier alpha value is -2.08. The van der Waals surface area contributed by atoms with Crippen molar-refractivity contribution >= 4 is 0 Å². The van der Waals surface area contributed by atoms with Crippen molar-refractivity contribution in [3.8, 4) is 11.1 Å². The van der Waals surface area contributed by atoms with E-state index in [4.69, 9.17) is 0 Å². The van der Waals surface area contributed by atoms with Gasteiger partial charge >= 0.3 is 0 Å². The van der Waals surface area contributed by atoms with Gasteiger partial charge in [0, 0.05) is 5.92 Å². The fourth-order valence-corrected chi connectivity index (χ4v) is 2.64. The van der Waals surface area contributed by atoms with Crippen molar-refractivity contribution in [3.63, 3.8) is 0 Å². The van der Waals surface area contributed by atoms with Gasteiger partial charge in [-0.25, -0.2) is 0 Å². The van der Waals surface area contributed by atoms with Gasteiger partial charge in [-0.15, -0.1) is 0 Å². The predicted molar refractivity (Wildman–Crippen MR) is 86.9 cm³/mol. The van der Waals surface area contributed by atoms with E-state index >= 15 is 0 Å². The first kappa shape index (κ1) is 12.9. The SMILES string of the molecule is CC1=CCC(c2ccc(-c3ccc(C)cc3)cc2)C=C1. The maximum absolute atomic E-state index is 2.32. The molecule has 0 saturated heterocycles. The minimum Gasteiger partial charge on any atom is -0.0807 e. The summed E-state index contributed by atoms with van der Waals surface area (Å²) in [5.74, 6) is 0.533. The second kappa shape index (κ2) is 5.50. The summed E-state index contributed by atoms with van der Waals surface area (Å²) in [5.41, 5.74) is 6.66. The van der Waals surface area contributed by atoms with Crippen LogP contribution in [0.25, 0.3) is 11.1 Å². The Bertz CT molecular complexity index is 639. The van der Waals surface area contributed by atoms with Gasteiger partial charge in [-0.3, -0.25) is 0 Å². The van der Waals surface area contributed by atoms with E-state index in [-0.39, 0.29) is 0 Å². The molecule has 0 fully saturated rings. The van der Waals surface area contributed by atoms with Gasteiger partial charge in [-0.2, -0.15) is 0 Å². The molecule has 3 rings (SSSR count). The van der Waals surface area contributed by atoms with E-state index in [0.717, 1.165) is 6.42 Å². The number of benzene rings is 2. The average Bonchev–Trinajstić information content (AvgIpc) is 2.49. The highest BCUT2D eigenvalue weighted by atomic mass is 14.1. The fourth-order valence-electron chi connectivity index (χ4n) is 2.64. The summed E-state index contributed by atoms with van der Waals surface area (Å²) in [6.07, 6.45) is 7.98. The van der Waals surface area contributed by atoms with Crippen molar-refractivity contribution in [2.75, 3.05) is 0 Å². The summed E-state index contributed by atoms with van der Waals surface area (Å²) >= 11 is 0. The van der Waals surface area contributed by atoms with Gasteiger partial charge in [0.15, 0.2) is 0 Å². The van der Waals surface area contributed by atoms with Gasteiger partial charge in [0.25, 0.3) is 0 Å². The van der Waals surface area contributed by atoms with Crippen LogP contribution < -0.4 is 0 Å². The number of hydrogen-bond donors (Lipinski definition) is 0. The third-order valence-electron chi connectivity index (χ3n) is 4.01. The molecule has 0 radical (unpaired) electrons. The van der Waals surface area contributed by atoms with E-state index < -0.39 is 0 Å². The van der Waals surface area contributed by atoms with E-state index in [1.165, 1.54) is 27.8 Å². The van der Waals surface area contributed by atoms with Crippen LogP contribution in [0.3, 0.4) is 0 Å². The standard InChI is InChI=1S/C20H20/c1-15-3-7-17(8-4-15)19-11-13-20(14-12-19)18-9-5-16(2)6-10-18/h3-9,11-14,18H,10H2,1-2H3. The minimum absolute atomic E-state index is 0.533. The Morgan fingerprint density at radius 2 is 1.40 bits per heavy atom. The van der Waals surface area contributed by atoms with E-state index in [1.54, 1.807) is 0 Å². The fraction of sp³-hybridized carbons (Fsp3) is 0.200. The van der Waals surface area contributed by atoms with E-state index in [1.807, 2.05) is 0 Å². The topological polar surface area (TPSA) is 0 Å². The van der Waals surface area contributed by atoms with Crippen LogP contribution in [-0.4, -0.2) is 0 Å². The highest BCUT2D eigenvalue weighted by molar-refractivity contribution is 5.64. The van der Waals surface area contributed by atoms with Gasteiger partial charge in [-0.1, -0.05) is 77.9 Å². The van der Waals surface area contributed by atoms with Crippen LogP contribution in [0.15, 0.2) is 72.3 Å². The molecule has 1 unspecified atom stereocenters. The van der Waals surface area contributed by atoms with E-state index in [0.29, 0.717) is 5.92 Å². The molecular weight excluding hydrogens is 240 g/mol. The zero-order chi connectivity index (χ0) is 13.9. The zero-order valence-corrected chi connectivity index (χ0v) is 12.1. The van der Waals surface area contributed by atoms with Gasteiger partial charge in [-0.05, 0) is 37.0 Å². The van der Waals surface area contributed by atoms with Gasteiger partial charge in [0.05, 0.1) is 0 Å². The first-order chi connectivity index (χ1) is 9.72. The number of allylic oxidation sites excluding steroid dienone is 4.